The van der Waals surface area contributed by atoms with Crippen molar-refractivity contribution in [1.29, 1.82) is 0 Å². The largest absolute Gasteiger partial charge is 0.309 e. The lowest BCUT2D eigenvalue weighted by atomic mass is 9.70. The fourth-order valence-corrected chi connectivity index (χ4v) is 9.73. The molecule has 0 atom stereocenters. The second kappa shape index (κ2) is 10.3. The molecular weight excluding hydrogens is 615 g/mol. The summed E-state index contributed by atoms with van der Waals surface area (Å²) in [6, 6.07) is 61.1. The summed E-state index contributed by atoms with van der Waals surface area (Å²) in [4.78, 5) is 2.50. The molecule has 0 amide bonds. The molecule has 51 heavy (non-hydrogen) atoms. The van der Waals surface area contributed by atoms with Gasteiger partial charge in [0.2, 0.25) is 0 Å². The Morgan fingerprint density at radius 3 is 1.67 bits per heavy atom. The first kappa shape index (κ1) is 28.4. The average Bonchev–Trinajstić information content (AvgIpc) is 3.65. The molecule has 1 spiro atoms. The molecule has 3 aliphatic rings. The Morgan fingerprint density at radius 2 is 1.02 bits per heavy atom. The molecule has 1 aliphatic heterocycles. The van der Waals surface area contributed by atoms with Gasteiger partial charge in [-0.3, -0.25) is 0 Å². The number of para-hydroxylation sites is 1. The summed E-state index contributed by atoms with van der Waals surface area (Å²) >= 11 is 0. The topological polar surface area (TPSA) is 3.24 Å². The smallest absolute Gasteiger partial charge is 0.0726 e. The third kappa shape index (κ3) is 3.55. The van der Waals surface area contributed by atoms with Crippen molar-refractivity contribution in [3.05, 3.63) is 204 Å². The maximum atomic E-state index is 4.35. The Labute approximate surface area is 298 Å². The highest BCUT2D eigenvalue weighted by Gasteiger charge is 2.51. The van der Waals surface area contributed by atoms with Crippen molar-refractivity contribution in [2.24, 2.45) is 0 Å². The minimum atomic E-state index is -0.404. The van der Waals surface area contributed by atoms with E-state index in [1.54, 1.807) is 0 Å². The molecule has 0 aromatic heterocycles. The Bertz CT molecular complexity index is 2740. The number of fused-ring (bicyclic) bond motifs is 12. The maximum Gasteiger partial charge on any atom is 0.0726 e. The number of hydrogen-bond donors (Lipinski definition) is 0. The maximum absolute atomic E-state index is 4.35. The number of benzene rings is 8. The Balaban J connectivity index is 1.23. The first-order valence-corrected chi connectivity index (χ1v) is 17.8. The third-order valence-corrected chi connectivity index (χ3v) is 11.7. The summed E-state index contributed by atoms with van der Waals surface area (Å²) in [6.45, 7) is 6.56. The summed E-state index contributed by atoms with van der Waals surface area (Å²) in [5, 5.41) is 2.52. The minimum Gasteiger partial charge on any atom is -0.309 e. The van der Waals surface area contributed by atoms with Gasteiger partial charge in [0.1, 0.15) is 0 Å². The molecule has 0 radical (unpaired) electrons. The lowest BCUT2D eigenvalue weighted by molar-refractivity contribution is 0.793. The molecule has 0 bridgehead atoms. The van der Waals surface area contributed by atoms with Crippen LogP contribution in [0.1, 0.15) is 33.4 Å². The van der Waals surface area contributed by atoms with Gasteiger partial charge in [0.25, 0.3) is 0 Å². The van der Waals surface area contributed by atoms with E-state index in [1.165, 1.54) is 94.5 Å². The second-order valence-corrected chi connectivity index (χ2v) is 14.1. The van der Waals surface area contributed by atoms with Crippen LogP contribution in [0.3, 0.4) is 0 Å². The molecule has 0 saturated heterocycles. The number of aryl methyl sites for hydroxylation is 1. The summed E-state index contributed by atoms with van der Waals surface area (Å²) in [7, 11) is 0. The average molecular weight is 648 g/mol. The zero-order chi connectivity index (χ0) is 33.8. The fraction of sp³-hybridized carbons (Fsp3) is 0.0400. The van der Waals surface area contributed by atoms with E-state index in [0.717, 1.165) is 11.3 Å². The SMILES string of the molecule is C=Cc1cc2c3c(cccc3c1-c1ccccc1C)-c1ccccc1N2c1ccc2c(c1)C1(c3ccccc3-c3ccccc31)c1ccccc1-2. The molecule has 1 heterocycles. The molecule has 2 aliphatic carbocycles. The van der Waals surface area contributed by atoms with E-state index in [9.17, 15) is 0 Å². The van der Waals surface area contributed by atoms with Crippen LogP contribution in [0, 0.1) is 6.92 Å². The van der Waals surface area contributed by atoms with Crippen LogP contribution in [0.4, 0.5) is 17.1 Å². The van der Waals surface area contributed by atoms with Crippen LogP contribution >= 0.6 is 0 Å². The summed E-state index contributed by atoms with van der Waals surface area (Å²) in [5.41, 5.74) is 21.2. The first-order valence-electron chi connectivity index (χ1n) is 17.8. The molecule has 238 valence electrons. The second-order valence-electron chi connectivity index (χ2n) is 14.1. The fourth-order valence-electron chi connectivity index (χ4n) is 9.73. The van der Waals surface area contributed by atoms with E-state index >= 15 is 0 Å². The molecule has 0 fully saturated rings. The van der Waals surface area contributed by atoms with Gasteiger partial charge in [0, 0.05) is 16.6 Å². The van der Waals surface area contributed by atoms with Crippen LogP contribution in [0.5, 0.6) is 0 Å². The summed E-state index contributed by atoms with van der Waals surface area (Å²) in [5.74, 6) is 0. The monoisotopic (exact) mass is 647 g/mol. The predicted molar refractivity (Wildman–Crippen MR) is 214 cm³/mol. The molecule has 8 aromatic rings. The van der Waals surface area contributed by atoms with Gasteiger partial charge in [-0.05, 0) is 109 Å². The van der Waals surface area contributed by atoms with E-state index < -0.39 is 5.41 Å². The van der Waals surface area contributed by atoms with Gasteiger partial charge in [0.15, 0.2) is 0 Å². The van der Waals surface area contributed by atoms with Gasteiger partial charge in [0.05, 0.1) is 16.8 Å². The van der Waals surface area contributed by atoms with Crippen LogP contribution in [0.25, 0.3) is 61.4 Å². The summed E-state index contributed by atoms with van der Waals surface area (Å²) < 4.78 is 0. The van der Waals surface area contributed by atoms with E-state index in [-0.39, 0.29) is 0 Å². The van der Waals surface area contributed by atoms with Crippen molar-refractivity contribution in [1.82, 2.24) is 0 Å². The Morgan fingerprint density at radius 1 is 0.471 bits per heavy atom. The van der Waals surface area contributed by atoms with Crippen LogP contribution in [-0.4, -0.2) is 0 Å². The van der Waals surface area contributed by atoms with Crippen molar-refractivity contribution in [3.63, 3.8) is 0 Å². The van der Waals surface area contributed by atoms with Crippen molar-refractivity contribution in [2.45, 2.75) is 12.3 Å². The van der Waals surface area contributed by atoms with Crippen molar-refractivity contribution in [2.75, 3.05) is 4.90 Å². The number of hydrogen-bond acceptors (Lipinski definition) is 1. The lowest BCUT2D eigenvalue weighted by Crippen LogP contribution is -2.26. The van der Waals surface area contributed by atoms with Crippen molar-refractivity contribution >= 4 is 33.9 Å². The lowest BCUT2D eigenvalue weighted by Gasteiger charge is -2.36. The van der Waals surface area contributed by atoms with Gasteiger partial charge in [-0.15, -0.1) is 0 Å². The zero-order valence-electron chi connectivity index (χ0n) is 28.3. The van der Waals surface area contributed by atoms with E-state index in [2.05, 4.69) is 182 Å². The van der Waals surface area contributed by atoms with Gasteiger partial charge in [-0.25, -0.2) is 0 Å². The highest BCUT2D eigenvalue weighted by Crippen LogP contribution is 2.64. The van der Waals surface area contributed by atoms with Crippen LogP contribution < -0.4 is 4.90 Å². The minimum absolute atomic E-state index is 0.404. The molecule has 1 nitrogen and oxygen atoms in total. The standard InChI is InChI=1S/C50H33N/c1-3-32-29-47-49-40(21-14-22-41(49)48(32)34-16-5-4-15-31(34)2)39-20-9-13-26-46(39)51(47)33-27-28-38-37-19-8-12-25-44(37)50(45(38)30-33)42-23-10-6-17-35(42)36-18-7-11-24-43(36)50/h3-30H,1H2,2H3. The molecule has 1 heteroatoms. The summed E-state index contributed by atoms with van der Waals surface area (Å²) in [6.07, 6.45) is 2.03. The molecule has 11 rings (SSSR count). The number of rotatable bonds is 3. The molecule has 8 aromatic carbocycles. The highest BCUT2D eigenvalue weighted by atomic mass is 15.2. The van der Waals surface area contributed by atoms with Gasteiger partial charge >= 0.3 is 0 Å². The zero-order valence-corrected chi connectivity index (χ0v) is 28.3. The number of anilines is 3. The van der Waals surface area contributed by atoms with Crippen LogP contribution in [-0.2, 0) is 5.41 Å². The Kier molecular flexibility index (Phi) is 5.73. The van der Waals surface area contributed by atoms with E-state index in [4.69, 9.17) is 0 Å². The van der Waals surface area contributed by atoms with Crippen molar-refractivity contribution in [3.8, 4) is 44.5 Å². The van der Waals surface area contributed by atoms with Crippen molar-refractivity contribution < 1.29 is 0 Å². The van der Waals surface area contributed by atoms with E-state index in [0.29, 0.717) is 0 Å². The van der Waals surface area contributed by atoms with Gasteiger partial charge in [-0.2, -0.15) is 0 Å². The van der Waals surface area contributed by atoms with Gasteiger partial charge < -0.3 is 4.90 Å². The molecule has 0 N–H and O–H groups in total. The van der Waals surface area contributed by atoms with Crippen LogP contribution in [0.15, 0.2) is 170 Å². The molecular formula is C50H33N. The predicted octanol–water partition coefficient (Wildman–Crippen LogP) is 13.3. The highest BCUT2D eigenvalue weighted by molar-refractivity contribution is 6.19. The number of nitrogens with zero attached hydrogens (tertiary/aromatic N) is 1. The van der Waals surface area contributed by atoms with Crippen LogP contribution in [0.2, 0.25) is 0 Å². The molecule has 0 saturated carbocycles. The quantitative estimate of drug-likeness (QED) is 0.184. The molecule has 0 unspecified atom stereocenters. The first-order chi connectivity index (χ1) is 25.2. The van der Waals surface area contributed by atoms with Gasteiger partial charge in [-0.1, -0.05) is 152 Å². The third-order valence-electron chi connectivity index (χ3n) is 11.7. The van der Waals surface area contributed by atoms with E-state index in [1.807, 2.05) is 6.08 Å². The Hall–Kier alpha value is -6.44. The normalized spacial score (nSPS) is 13.8.